The molecule has 1 atom stereocenters. The monoisotopic (exact) mass is 238 g/mol. The van der Waals surface area contributed by atoms with Crippen molar-refractivity contribution in [1.29, 1.82) is 0 Å². The van der Waals surface area contributed by atoms with Crippen molar-refractivity contribution in [3.05, 3.63) is 29.8 Å². The van der Waals surface area contributed by atoms with Gasteiger partial charge in [0.1, 0.15) is 12.4 Å². The summed E-state index contributed by atoms with van der Waals surface area (Å²) in [4.78, 5) is 10.4. The van der Waals surface area contributed by atoms with E-state index in [-0.39, 0.29) is 12.0 Å². The number of aliphatic hydroxyl groups is 1. The van der Waals surface area contributed by atoms with Gasteiger partial charge in [0.15, 0.2) is 6.10 Å². The molecule has 1 aromatic carbocycles. The molecule has 0 amide bonds. The van der Waals surface area contributed by atoms with Gasteiger partial charge in [-0.15, -0.1) is 0 Å². The molecule has 17 heavy (non-hydrogen) atoms. The van der Waals surface area contributed by atoms with E-state index in [0.29, 0.717) is 5.75 Å². The highest BCUT2D eigenvalue weighted by molar-refractivity contribution is 5.72. The molecule has 0 spiro atoms. The lowest BCUT2D eigenvalue weighted by atomic mass is 9.87. The van der Waals surface area contributed by atoms with E-state index < -0.39 is 12.1 Å². The highest BCUT2D eigenvalue weighted by Gasteiger charge is 2.15. The quantitative estimate of drug-likeness (QED) is 0.839. The maximum Gasteiger partial charge on any atom is 0.336 e. The molecule has 1 rings (SSSR count). The Morgan fingerprint density at radius 3 is 2.24 bits per heavy atom. The van der Waals surface area contributed by atoms with E-state index in [1.807, 2.05) is 12.1 Å². The lowest BCUT2D eigenvalue weighted by Gasteiger charge is -2.19. The van der Waals surface area contributed by atoms with Crippen molar-refractivity contribution in [1.82, 2.24) is 0 Å². The number of aliphatic carboxylic acids is 1. The summed E-state index contributed by atoms with van der Waals surface area (Å²) in [5.74, 6) is -0.727. The van der Waals surface area contributed by atoms with E-state index in [1.165, 1.54) is 5.56 Å². The van der Waals surface area contributed by atoms with Crippen LogP contribution in [0.5, 0.6) is 5.75 Å². The molecule has 0 aliphatic heterocycles. The number of carboxylic acid groups (broad SMARTS) is 1. The van der Waals surface area contributed by atoms with Crippen LogP contribution >= 0.6 is 0 Å². The number of aliphatic hydroxyl groups excluding tert-OH is 1. The third-order valence-electron chi connectivity index (χ3n) is 2.41. The van der Waals surface area contributed by atoms with E-state index in [0.717, 1.165) is 0 Å². The van der Waals surface area contributed by atoms with E-state index in [4.69, 9.17) is 14.9 Å². The van der Waals surface area contributed by atoms with Crippen molar-refractivity contribution in [3.63, 3.8) is 0 Å². The van der Waals surface area contributed by atoms with Crippen molar-refractivity contribution < 1.29 is 19.7 Å². The van der Waals surface area contributed by atoms with Gasteiger partial charge in [-0.1, -0.05) is 32.9 Å². The fraction of sp³-hybridized carbons (Fsp3) is 0.462. The Hall–Kier alpha value is -1.55. The van der Waals surface area contributed by atoms with E-state index in [1.54, 1.807) is 12.1 Å². The third kappa shape index (κ3) is 4.07. The first-order chi connectivity index (χ1) is 7.80. The van der Waals surface area contributed by atoms with Crippen molar-refractivity contribution in [2.75, 3.05) is 6.61 Å². The molecule has 2 N–H and O–H groups in total. The molecule has 4 heteroatoms. The van der Waals surface area contributed by atoms with Crippen molar-refractivity contribution in [2.24, 2.45) is 0 Å². The summed E-state index contributed by atoms with van der Waals surface area (Å²) in [6.45, 7) is 6.08. The van der Waals surface area contributed by atoms with Crippen molar-refractivity contribution in [3.8, 4) is 5.75 Å². The van der Waals surface area contributed by atoms with Crippen LogP contribution in [0.1, 0.15) is 26.3 Å². The third-order valence-corrected chi connectivity index (χ3v) is 2.41. The van der Waals surface area contributed by atoms with Crippen LogP contribution in [0.2, 0.25) is 0 Å². The molecule has 94 valence electrons. The zero-order valence-electron chi connectivity index (χ0n) is 10.3. The SMILES string of the molecule is CC(C)(C)c1ccc(OCC(O)C(=O)O)cc1. The molecule has 0 saturated heterocycles. The Labute approximate surface area is 101 Å². The van der Waals surface area contributed by atoms with Crippen LogP contribution < -0.4 is 4.74 Å². The molecule has 0 fully saturated rings. The fourth-order valence-electron chi connectivity index (χ4n) is 1.30. The molecule has 0 radical (unpaired) electrons. The summed E-state index contributed by atoms with van der Waals surface area (Å²) >= 11 is 0. The first kappa shape index (κ1) is 13.5. The minimum absolute atomic E-state index is 0.0686. The van der Waals surface area contributed by atoms with E-state index in [9.17, 15) is 4.79 Å². The first-order valence-corrected chi connectivity index (χ1v) is 5.45. The largest absolute Gasteiger partial charge is 0.490 e. The lowest BCUT2D eigenvalue weighted by molar-refractivity contribution is -0.148. The molecule has 1 unspecified atom stereocenters. The molecule has 4 nitrogen and oxygen atoms in total. The van der Waals surface area contributed by atoms with Crippen LogP contribution in [0.3, 0.4) is 0 Å². The number of ether oxygens (including phenoxy) is 1. The maximum atomic E-state index is 10.4. The number of carboxylic acids is 1. The fourth-order valence-corrected chi connectivity index (χ4v) is 1.30. The van der Waals surface area contributed by atoms with Crippen LogP contribution in [0.15, 0.2) is 24.3 Å². The van der Waals surface area contributed by atoms with Gasteiger partial charge in [0.25, 0.3) is 0 Å². The molecule has 0 aliphatic rings. The predicted molar refractivity (Wildman–Crippen MR) is 64.3 cm³/mol. The van der Waals surface area contributed by atoms with Gasteiger partial charge in [-0.25, -0.2) is 4.79 Å². The van der Waals surface area contributed by atoms with E-state index in [2.05, 4.69) is 20.8 Å². The standard InChI is InChI=1S/C13H18O4/c1-13(2,3)9-4-6-10(7-5-9)17-8-11(14)12(15)16/h4-7,11,14H,8H2,1-3H3,(H,15,16). The van der Waals surface area contributed by atoms with E-state index >= 15 is 0 Å². The van der Waals surface area contributed by atoms with Gasteiger partial charge in [0.05, 0.1) is 0 Å². The summed E-state index contributed by atoms with van der Waals surface area (Å²) in [5.41, 5.74) is 1.24. The second-order valence-corrected chi connectivity index (χ2v) is 4.94. The molecule has 0 aromatic heterocycles. The summed E-state index contributed by atoms with van der Waals surface area (Å²) in [6.07, 6.45) is -1.49. The van der Waals surface area contributed by atoms with Gasteiger partial charge in [-0.05, 0) is 23.1 Å². The summed E-state index contributed by atoms with van der Waals surface area (Å²) in [6, 6.07) is 7.41. The van der Waals surface area contributed by atoms with Gasteiger partial charge in [0, 0.05) is 0 Å². The number of hydrogen-bond donors (Lipinski definition) is 2. The Kier molecular flexibility index (Phi) is 4.12. The van der Waals surface area contributed by atoms with Crippen molar-refractivity contribution in [2.45, 2.75) is 32.3 Å². The number of rotatable bonds is 4. The zero-order valence-corrected chi connectivity index (χ0v) is 10.3. The van der Waals surface area contributed by atoms with Gasteiger partial charge in [0.2, 0.25) is 0 Å². The lowest BCUT2D eigenvalue weighted by Crippen LogP contribution is -2.26. The number of benzene rings is 1. The average Bonchev–Trinajstić information content (AvgIpc) is 2.25. The predicted octanol–water partition coefficient (Wildman–Crippen LogP) is 1.81. The second kappa shape index (κ2) is 5.19. The molecule has 0 bridgehead atoms. The number of hydrogen-bond acceptors (Lipinski definition) is 3. The maximum absolute atomic E-state index is 10.4. The van der Waals surface area contributed by atoms with Crippen molar-refractivity contribution >= 4 is 5.97 Å². The Balaban J connectivity index is 2.60. The van der Waals surface area contributed by atoms with Gasteiger partial charge in [-0.2, -0.15) is 0 Å². The topological polar surface area (TPSA) is 66.8 Å². The summed E-state index contributed by atoms with van der Waals surface area (Å²) in [7, 11) is 0. The Bertz CT molecular complexity index is 375. The van der Waals surface area contributed by atoms with Crippen LogP contribution in [0.25, 0.3) is 0 Å². The summed E-state index contributed by atoms with van der Waals surface area (Å²) in [5, 5.41) is 17.5. The first-order valence-electron chi connectivity index (χ1n) is 5.45. The minimum atomic E-state index is -1.49. The van der Waals surface area contributed by atoms with Crippen LogP contribution in [-0.2, 0) is 10.2 Å². The normalized spacial score (nSPS) is 13.2. The molecule has 1 aromatic rings. The Morgan fingerprint density at radius 2 is 1.82 bits per heavy atom. The Morgan fingerprint density at radius 1 is 1.29 bits per heavy atom. The van der Waals surface area contributed by atoms with Crippen LogP contribution in [0.4, 0.5) is 0 Å². The van der Waals surface area contributed by atoms with Crippen LogP contribution in [-0.4, -0.2) is 28.9 Å². The zero-order chi connectivity index (χ0) is 13.1. The van der Waals surface area contributed by atoms with Gasteiger partial charge in [-0.3, -0.25) is 0 Å². The molecule has 0 aliphatic carbocycles. The van der Waals surface area contributed by atoms with Gasteiger partial charge < -0.3 is 14.9 Å². The molecular weight excluding hydrogens is 220 g/mol. The average molecular weight is 238 g/mol. The highest BCUT2D eigenvalue weighted by atomic mass is 16.5. The smallest absolute Gasteiger partial charge is 0.336 e. The minimum Gasteiger partial charge on any atom is -0.490 e. The summed E-state index contributed by atoms with van der Waals surface area (Å²) < 4.78 is 5.17. The molecular formula is C13H18O4. The van der Waals surface area contributed by atoms with Gasteiger partial charge >= 0.3 is 5.97 Å². The highest BCUT2D eigenvalue weighted by Crippen LogP contribution is 2.24. The molecule has 0 heterocycles. The second-order valence-electron chi connectivity index (χ2n) is 4.94. The number of carbonyl (C=O) groups is 1. The van der Waals surface area contributed by atoms with Crippen LogP contribution in [0, 0.1) is 0 Å². The molecule has 0 saturated carbocycles.